The molecule has 2 rings (SSSR count). The van der Waals surface area contributed by atoms with Gasteiger partial charge >= 0.3 is 0 Å². The van der Waals surface area contributed by atoms with E-state index in [0.717, 1.165) is 34.5 Å². The van der Waals surface area contributed by atoms with Crippen LogP contribution in [-0.4, -0.2) is 22.7 Å². The van der Waals surface area contributed by atoms with Gasteiger partial charge in [0, 0.05) is 29.7 Å². The van der Waals surface area contributed by atoms with Gasteiger partial charge in [0.2, 0.25) is 0 Å². The SMILES string of the molecule is CCC(CC)C(O)CNCc1[nH]c2ccccc2c1Cl. The molecule has 0 aliphatic carbocycles. The molecule has 4 heteroatoms. The average molecular weight is 295 g/mol. The van der Waals surface area contributed by atoms with Crippen LogP contribution in [0.5, 0.6) is 0 Å². The lowest BCUT2D eigenvalue weighted by molar-refractivity contribution is 0.101. The molecule has 0 radical (unpaired) electrons. The Morgan fingerprint density at radius 2 is 1.95 bits per heavy atom. The highest BCUT2D eigenvalue weighted by Gasteiger charge is 2.15. The molecule has 0 fully saturated rings. The lowest BCUT2D eigenvalue weighted by Crippen LogP contribution is -2.32. The Bertz CT molecular complexity index is 548. The normalized spacial score (nSPS) is 13.2. The highest BCUT2D eigenvalue weighted by molar-refractivity contribution is 6.36. The number of rotatable bonds is 7. The summed E-state index contributed by atoms with van der Waals surface area (Å²) in [5.41, 5.74) is 2.03. The van der Waals surface area contributed by atoms with Crippen molar-refractivity contribution in [3.8, 4) is 0 Å². The summed E-state index contributed by atoms with van der Waals surface area (Å²) in [5.74, 6) is 0.362. The Balaban J connectivity index is 1.94. The third-order valence-corrected chi connectivity index (χ3v) is 4.39. The molecule has 1 heterocycles. The first-order chi connectivity index (χ1) is 9.67. The summed E-state index contributed by atoms with van der Waals surface area (Å²) in [6.07, 6.45) is 1.71. The molecule has 3 nitrogen and oxygen atoms in total. The number of para-hydroxylation sites is 1. The van der Waals surface area contributed by atoms with E-state index >= 15 is 0 Å². The summed E-state index contributed by atoms with van der Waals surface area (Å²) in [6, 6.07) is 8.00. The molecule has 0 saturated heterocycles. The van der Waals surface area contributed by atoms with Gasteiger partial charge in [-0.1, -0.05) is 56.5 Å². The zero-order valence-electron chi connectivity index (χ0n) is 12.1. The zero-order valence-corrected chi connectivity index (χ0v) is 12.9. The molecule has 1 unspecified atom stereocenters. The minimum atomic E-state index is -0.298. The van der Waals surface area contributed by atoms with Crippen LogP contribution in [0.2, 0.25) is 5.02 Å². The molecule has 1 aromatic heterocycles. The average Bonchev–Trinajstić information content (AvgIpc) is 2.78. The van der Waals surface area contributed by atoms with E-state index in [1.165, 1.54) is 0 Å². The van der Waals surface area contributed by atoms with E-state index in [0.29, 0.717) is 19.0 Å². The first-order valence-corrected chi connectivity index (χ1v) is 7.69. The van der Waals surface area contributed by atoms with Gasteiger partial charge in [0.05, 0.1) is 11.1 Å². The number of aliphatic hydroxyl groups is 1. The molecule has 0 spiro atoms. The lowest BCUT2D eigenvalue weighted by atomic mass is 9.96. The van der Waals surface area contributed by atoms with Gasteiger partial charge in [-0.3, -0.25) is 0 Å². The van der Waals surface area contributed by atoms with Crippen LogP contribution in [-0.2, 0) is 6.54 Å². The summed E-state index contributed by atoms with van der Waals surface area (Å²) < 4.78 is 0. The van der Waals surface area contributed by atoms with Crippen molar-refractivity contribution in [3.05, 3.63) is 35.0 Å². The Labute approximate surface area is 125 Å². The monoisotopic (exact) mass is 294 g/mol. The number of hydrogen-bond acceptors (Lipinski definition) is 2. The molecule has 2 aromatic rings. The summed E-state index contributed by atoms with van der Waals surface area (Å²) >= 11 is 6.36. The van der Waals surface area contributed by atoms with Gasteiger partial charge in [-0.2, -0.15) is 0 Å². The molecule has 0 amide bonds. The number of nitrogens with one attached hydrogen (secondary N) is 2. The second-order valence-corrected chi connectivity index (χ2v) is 5.62. The molecule has 0 aliphatic heterocycles. The van der Waals surface area contributed by atoms with Crippen LogP contribution >= 0.6 is 11.6 Å². The van der Waals surface area contributed by atoms with Crippen molar-refractivity contribution in [1.82, 2.24) is 10.3 Å². The molecule has 1 aromatic carbocycles. The Kier molecular flexibility index (Phi) is 5.46. The first-order valence-electron chi connectivity index (χ1n) is 7.31. The van der Waals surface area contributed by atoms with E-state index in [-0.39, 0.29) is 6.10 Å². The van der Waals surface area contributed by atoms with Crippen molar-refractivity contribution in [2.24, 2.45) is 5.92 Å². The fraction of sp³-hybridized carbons (Fsp3) is 0.500. The topological polar surface area (TPSA) is 48.0 Å². The van der Waals surface area contributed by atoms with Gasteiger partial charge in [0.1, 0.15) is 0 Å². The predicted molar refractivity (Wildman–Crippen MR) is 85.1 cm³/mol. The van der Waals surface area contributed by atoms with Gasteiger partial charge in [-0.05, 0) is 12.0 Å². The van der Waals surface area contributed by atoms with Gasteiger partial charge in [-0.25, -0.2) is 0 Å². The van der Waals surface area contributed by atoms with Crippen LogP contribution in [0.1, 0.15) is 32.4 Å². The minimum absolute atomic E-state index is 0.298. The van der Waals surface area contributed by atoms with E-state index in [9.17, 15) is 5.11 Å². The molecule has 0 aliphatic rings. The highest BCUT2D eigenvalue weighted by Crippen LogP contribution is 2.26. The lowest BCUT2D eigenvalue weighted by Gasteiger charge is -2.20. The van der Waals surface area contributed by atoms with Crippen LogP contribution < -0.4 is 5.32 Å². The fourth-order valence-electron chi connectivity index (χ4n) is 2.63. The number of fused-ring (bicyclic) bond motifs is 1. The summed E-state index contributed by atoms with van der Waals surface area (Å²) in [4.78, 5) is 3.32. The number of hydrogen-bond donors (Lipinski definition) is 3. The smallest absolute Gasteiger partial charge is 0.0705 e. The number of aliphatic hydroxyl groups excluding tert-OH is 1. The van der Waals surface area contributed by atoms with Gasteiger partial charge in [-0.15, -0.1) is 0 Å². The van der Waals surface area contributed by atoms with E-state index in [4.69, 9.17) is 11.6 Å². The van der Waals surface area contributed by atoms with Crippen molar-refractivity contribution in [1.29, 1.82) is 0 Å². The van der Waals surface area contributed by atoms with E-state index in [1.807, 2.05) is 24.3 Å². The standard InChI is InChI=1S/C16H23ClN2O/c1-3-11(4-2)15(20)10-18-9-14-16(17)12-7-5-6-8-13(12)19-14/h5-8,11,15,18-20H,3-4,9-10H2,1-2H3. The van der Waals surface area contributed by atoms with Gasteiger partial charge in [0.25, 0.3) is 0 Å². The van der Waals surface area contributed by atoms with Crippen LogP contribution in [0.3, 0.4) is 0 Å². The minimum Gasteiger partial charge on any atom is -0.392 e. The third-order valence-electron chi connectivity index (χ3n) is 3.96. The second-order valence-electron chi connectivity index (χ2n) is 5.24. The Morgan fingerprint density at radius 3 is 2.60 bits per heavy atom. The second kappa shape index (κ2) is 7.11. The van der Waals surface area contributed by atoms with Crippen LogP contribution in [0.25, 0.3) is 10.9 Å². The molecule has 0 bridgehead atoms. The van der Waals surface area contributed by atoms with Crippen LogP contribution in [0.4, 0.5) is 0 Å². The maximum atomic E-state index is 10.1. The summed E-state index contributed by atoms with van der Waals surface area (Å²) in [6.45, 7) is 5.47. The maximum Gasteiger partial charge on any atom is 0.0705 e. The van der Waals surface area contributed by atoms with Crippen LogP contribution in [0.15, 0.2) is 24.3 Å². The van der Waals surface area contributed by atoms with E-state index < -0.39 is 0 Å². The number of halogens is 1. The van der Waals surface area contributed by atoms with Gasteiger partial charge in [0.15, 0.2) is 0 Å². The van der Waals surface area contributed by atoms with Crippen molar-refractivity contribution < 1.29 is 5.11 Å². The van der Waals surface area contributed by atoms with E-state index in [2.05, 4.69) is 24.1 Å². The quantitative estimate of drug-likeness (QED) is 0.729. The molecule has 3 N–H and O–H groups in total. The van der Waals surface area contributed by atoms with E-state index in [1.54, 1.807) is 0 Å². The number of aromatic amines is 1. The van der Waals surface area contributed by atoms with Crippen molar-refractivity contribution in [3.63, 3.8) is 0 Å². The highest BCUT2D eigenvalue weighted by atomic mass is 35.5. The molecule has 0 saturated carbocycles. The maximum absolute atomic E-state index is 10.1. The largest absolute Gasteiger partial charge is 0.392 e. The van der Waals surface area contributed by atoms with Crippen molar-refractivity contribution in [2.45, 2.75) is 39.3 Å². The van der Waals surface area contributed by atoms with Crippen LogP contribution in [0, 0.1) is 5.92 Å². The Morgan fingerprint density at radius 1 is 1.25 bits per heavy atom. The molecule has 1 atom stereocenters. The van der Waals surface area contributed by atoms with Crippen molar-refractivity contribution >= 4 is 22.5 Å². The fourth-order valence-corrected chi connectivity index (χ4v) is 2.91. The third kappa shape index (κ3) is 3.35. The number of H-pyrrole nitrogens is 1. The number of benzene rings is 1. The molecular formula is C16H23ClN2O. The number of aromatic nitrogens is 1. The summed E-state index contributed by atoms with van der Waals surface area (Å²) in [5, 5.41) is 15.2. The van der Waals surface area contributed by atoms with Crippen molar-refractivity contribution in [2.75, 3.05) is 6.54 Å². The molecule has 20 heavy (non-hydrogen) atoms. The molecular weight excluding hydrogens is 272 g/mol. The van der Waals surface area contributed by atoms with Gasteiger partial charge < -0.3 is 15.4 Å². The summed E-state index contributed by atoms with van der Waals surface area (Å²) in [7, 11) is 0. The first kappa shape index (κ1) is 15.4. The Hall–Kier alpha value is -1.03. The predicted octanol–water partition coefficient (Wildman–Crippen LogP) is 3.71. The zero-order chi connectivity index (χ0) is 14.5. The molecule has 110 valence electrons.